The van der Waals surface area contributed by atoms with Crippen molar-refractivity contribution in [3.8, 4) is 0 Å². The number of rotatable bonds is 2. The van der Waals surface area contributed by atoms with E-state index in [1.807, 2.05) is 0 Å². The van der Waals surface area contributed by atoms with Gasteiger partial charge >= 0.3 is 0 Å². The molecule has 0 bridgehead atoms. The van der Waals surface area contributed by atoms with Gasteiger partial charge < -0.3 is 4.98 Å². The average molecular weight is 238 g/mol. The van der Waals surface area contributed by atoms with Gasteiger partial charge in [-0.1, -0.05) is 23.8 Å². The Labute approximate surface area is 105 Å². The van der Waals surface area contributed by atoms with Crippen molar-refractivity contribution in [2.75, 3.05) is 0 Å². The quantitative estimate of drug-likeness (QED) is 0.746. The van der Waals surface area contributed by atoms with Crippen LogP contribution < -0.4 is 0 Å². The van der Waals surface area contributed by atoms with E-state index in [4.69, 9.17) is 0 Å². The zero-order valence-corrected chi connectivity index (χ0v) is 10.4. The van der Waals surface area contributed by atoms with Crippen molar-refractivity contribution in [1.29, 1.82) is 0 Å². The summed E-state index contributed by atoms with van der Waals surface area (Å²) >= 11 is 0. The fourth-order valence-electron chi connectivity index (χ4n) is 2.17. The van der Waals surface area contributed by atoms with E-state index < -0.39 is 0 Å². The fraction of sp³-hybridized carbons (Fsp3) is 0.214. The van der Waals surface area contributed by atoms with Gasteiger partial charge in [0, 0.05) is 6.42 Å². The number of benzene rings is 1. The van der Waals surface area contributed by atoms with Gasteiger partial charge in [0.1, 0.15) is 11.8 Å². The van der Waals surface area contributed by atoms with E-state index >= 15 is 0 Å². The van der Waals surface area contributed by atoms with E-state index in [1.54, 1.807) is 12.7 Å². The first-order valence-corrected chi connectivity index (χ1v) is 5.93. The van der Waals surface area contributed by atoms with Crippen molar-refractivity contribution in [2.45, 2.75) is 20.3 Å². The Morgan fingerprint density at radius 1 is 1.11 bits per heavy atom. The number of aromatic amines is 1. The van der Waals surface area contributed by atoms with Gasteiger partial charge in [0.05, 0.1) is 12.0 Å². The molecule has 1 N–H and O–H groups in total. The zero-order chi connectivity index (χ0) is 12.5. The lowest BCUT2D eigenvalue weighted by Gasteiger charge is -2.06. The van der Waals surface area contributed by atoms with Crippen LogP contribution in [0.3, 0.4) is 0 Å². The monoisotopic (exact) mass is 238 g/mol. The first kappa shape index (κ1) is 10.9. The van der Waals surface area contributed by atoms with Crippen molar-refractivity contribution >= 4 is 11.2 Å². The number of imidazole rings is 1. The van der Waals surface area contributed by atoms with Gasteiger partial charge in [0.25, 0.3) is 0 Å². The number of nitrogens with one attached hydrogen (secondary N) is 1. The van der Waals surface area contributed by atoms with Crippen LogP contribution in [-0.2, 0) is 6.42 Å². The molecule has 90 valence electrons. The maximum Gasteiger partial charge on any atom is 0.180 e. The van der Waals surface area contributed by atoms with Crippen LogP contribution in [0.5, 0.6) is 0 Å². The van der Waals surface area contributed by atoms with Gasteiger partial charge in [-0.15, -0.1) is 0 Å². The third kappa shape index (κ3) is 1.86. The highest BCUT2D eigenvalue weighted by molar-refractivity contribution is 5.72. The summed E-state index contributed by atoms with van der Waals surface area (Å²) in [6, 6.07) is 6.49. The number of nitrogens with zero attached hydrogens (tertiary/aromatic N) is 3. The molecular weight excluding hydrogens is 224 g/mol. The second-order valence-electron chi connectivity index (χ2n) is 4.53. The van der Waals surface area contributed by atoms with Gasteiger partial charge in [0.15, 0.2) is 5.65 Å². The molecular formula is C14H14N4. The molecule has 0 amide bonds. The summed E-state index contributed by atoms with van der Waals surface area (Å²) in [6.45, 7) is 4.24. The standard InChI is InChI=1S/C14H14N4/c1-9-3-4-11(10(2)5-9)6-12-13-14(17-7-15-12)18-8-16-13/h3-5,7-8H,6H2,1-2H3,(H,15,16,17,18). The first-order chi connectivity index (χ1) is 8.74. The van der Waals surface area contributed by atoms with Gasteiger partial charge in [-0.25, -0.2) is 15.0 Å². The van der Waals surface area contributed by atoms with Gasteiger partial charge in [-0.05, 0) is 25.0 Å². The Morgan fingerprint density at radius 2 is 2.00 bits per heavy atom. The third-order valence-corrected chi connectivity index (χ3v) is 3.16. The summed E-state index contributed by atoms with van der Waals surface area (Å²) < 4.78 is 0. The Hall–Kier alpha value is -2.23. The number of aryl methyl sites for hydroxylation is 2. The number of hydrogen-bond acceptors (Lipinski definition) is 3. The Morgan fingerprint density at radius 3 is 2.83 bits per heavy atom. The molecule has 3 rings (SSSR count). The van der Waals surface area contributed by atoms with Gasteiger partial charge in [-0.2, -0.15) is 0 Å². The normalized spacial score (nSPS) is 11.0. The third-order valence-electron chi connectivity index (χ3n) is 3.16. The predicted octanol–water partition coefficient (Wildman–Crippen LogP) is 2.56. The Balaban J connectivity index is 2.03. The van der Waals surface area contributed by atoms with Crippen LogP contribution in [0.1, 0.15) is 22.4 Å². The van der Waals surface area contributed by atoms with Crippen LogP contribution in [0.25, 0.3) is 11.2 Å². The highest BCUT2D eigenvalue weighted by Crippen LogP contribution is 2.17. The summed E-state index contributed by atoms with van der Waals surface area (Å²) in [7, 11) is 0. The maximum atomic E-state index is 4.36. The van der Waals surface area contributed by atoms with Crippen molar-refractivity contribution in [1.82, 2.24) is 19.9 Å². The zero-order valence-electron chi connectivity index (χ0n) is 10.4. The molecule has 0 spiro atoms. The second-order valence-corrected chi connectivity index (χ2v) is 4.53. The van der Waals surface area contributed by atoms with E-state index in [9.17, 15) is 0 Å². The summed E-state index contributed by atoms with van der Waals surface area (Å²) in [5.74, 6) is 0. The summed E-state index contributed by atoms with van der Waals surface area (Å²) in [6.07, 6.45) is 4.03. The molecule has 4 heteroatoms. The second kappa shape index (κ2) is 4.22. The summed E-state index contributed by atoms with van der Waals surface area (Å²) in [5.41, 5.74) is 6.51. The van der Waals surface area contributed by atoms with Crippen LogP contribution in [-0.4, -0.2) is 19.9 Å². The maximum absolute atomic E-state index is 4.36. The SMILES string of the molecule is Cc1ccc(Cc2ncnc3nc[nH]c23)c(C)c1. The van der Waals surface area contributed by atoms with E-state index in [2.05, 4.69) is 52.0 Å². The first-order valence-electron chi connectivity index (χ1n) is 5.93. The highest BCUT2D eigenvalue weighted by Gasteiger charge is 2.08. The number of fused-ring (bicyclic) bond motifs is 1. The minimum absolute atomic E-state index is 0.727. The molecule has 0 saturated carbocycles. The van der Waals surface area contributed by atoms with Crippen molar-refractivity contribution < 1.29 is 0 Å². The largest absolute Gasteiger partial charge is 0.342 e. The highest BCUT2D eigenvalue weighted by atomic mass is 15.0. The molecule has 2 aromatic heterocycles. The molecule has 0 radical (unpaired) electrons. The lowest BCUT2D eigenvalue weighted by Crippen LogP contribution is -1.97. The molecule has 4 nitrogen and oxygen atoms in total. The van der Waals surface area contributed by atoms with Crippen molar-refractivity contribution in [2.24, 2.45) is 0 Å². The van der Waals surface area contributed by atoms with E-state index in [-0.39, 0.29) is 0 Å². The minimum atomic E-state index is 0.727. The molecule has 2 heterocycles. The van der Waals surface area contributed by atoms with Crippen LogP contribution >= 0.6 is 0 Å². The number of hydrogen-bond donors (Lipinski definition) is 1. The molecule has 0 saturated heterocycles. The molecule has 18 heavy (non-hydrogen) atoms. The van der Waals surface area contributed by atoms with Gasteiger partial charge in [-0.3, -0.25) is 0 Å². The Kier molecular flexibility index (Phi) is 2.55. The fourth-order valence-corrected chi connectivity index (χ4v) is 2.17. The molecule has 1 aromatic carbocycles. The minimum Gasteiger partial charge on any atom is -0.342 e. The molecule has 0 aliphatic rings. The van der Waals surface area contributed by atoms with Crippen LogP contribution in [0.4, 0.5) is 0 Å². The lowest BCUT2D eigenvalue weighted by molar-refractivity contribution is 1.04. The smallest absolute Gasteiger partial charge is 0.180 e. The molecule has 0 unspecified atom stereocenters. The topological polar surface area (TPSA) is 54.5 Å². The van der Waals surface area contributed by atoms with Crippen molar-refractivity contribution in [3.63, 3.8) is 0 Å². The van der Waals surface area contributed by atoms with Crippen molar-refractivity contribution in [3.05, 3.63) is 53.2 Å². The van der Waals surface area contributed by atoms with Crippen LogP contribution in [0.2, 0.25) is 0 Å². The molecule has 0 atom stereocenters. The number of H-pyrrole nitrogens is 1. The molecule has 0 aliphatic heterocycles. The molecule has 0 fully saturated rings. The van der Waals surface area contributed by atoms with Gasteiger partial charge in [0.2, 0.25) is 0 Å². The lowest BCUT2D eigenvalue weighted by atomic mass is 10.0. The van der Waals surface area contributed by atoms with E-state index in [1.165, 1.54) is 16.7 Å². The van der Waals surface area contributed by atoms with Crippen LogP contribution in [0, 0.1) is 13.8 Å². The van der Waals surface area contributed by atoms with E-state index in [0.717, 1.165) is 23.3 Å². The van der Waals surface area contributed by atoms with E-state index in [0.29, 0.717) is 0 Å². The molecule has 0 aliphatic carbocycles. The average Bonchev–Trinajstić information content (AvgIpc) is 2.82. The van der Waals surface area contributed by atoms with Crippen LogP contribution in [0.15, 0.2) is 30.9 Å². The Bertz CT molecular complexity index is 700. The summed E-state index contributed by atoms with van der Waals surface area (Å²) in [5, 5.41) is 0. The summed E-state index contributed by atoms with van der Waals surface area (Å²) in [4.78, 5) is 15.7. The predicted molar refractivity (Wildman–Crippen MR) is 70.4 cm³/mol. The molecule has 3 aromatic rings. The number of aromatic nitrogens is 4.